The van der Waals surface area contributed by atoms with Crippen molar-refractivity contribution in [3.8, 4) is 0 Å². The highest BCUT2D eigenvalue weighted by Crippen LogP contribution is 2.29. The third-order valence-corrected chi connectivity index (χ3v) is 5.61. The van der Waals surface area contributed by atoms with Crippen LogP contribution in [-0.4, -0.2) is 23.5 Å². The quantitative estimate of drug-likeness (QED) is 0.499. The van der Waals surface area contributed by atoms with E-state index < -0.39 is 11.6 Å². The third-order valence-electron chi connectivity index (χ3n) is 5.61. The lowest BCUT2D eigenvalue weighted by Crippen LogP contribution is -2.52. The molecule has 1 heterocycles. The molecule has 4 rings (SSSR count). The zero-order chi connectivity index (χ0) is 23.4. The van der Waals surface area contributed by atoms with Crippen molar-refractivity contribution in [1.29, 1.82) is 0 Å². The summed E-state index contributed by atoms with van der Waals surface area (Å²) in [6.45, 7) is 3.48. The lowest BCUT2D eigenvalue weighted by atomic mass is 9.89. The molecule has 0 saturated heterocycles. The van der Waals surface area contributed by atoms with Gasteiger partial charge in [-0.1, -0.05) is 48.5 Å². The normalized spacial score (nSPS) is 17.8. The molecule has 33 heavy (non-hydrogen) atoms. The summed E-state index contributed by atoms with van der Waals surface area (Å²) in [5.74, 6) is -0.853. The minimum atomic E-state index is -1.28. The Hall–Kier alpha value is -4.13. The number of carbonyl (C=O) groups excluding carboxylic acids is 3. The Morgan fingerprint density at radius 2 is 1.48 bits per heavy atom. The van der Waals surface area contributed by atoms with E-state index in [2.05, 4.69) is 16.0 Å². The van der Waals surface area contributed by atoms with Gasteiger partial charge in [0.15, 0.2) is 5.60 Å². The minimum absolute atomic E-state index is 0.312. The fourth-order valence-corrected chi connectivity index (χ4v) is 3.76. The molecule has 7 nitrogen and oxygen atoms in total. The first-order valence-electron chi connectivity index (χ1n) is 10.7. The van der Waals surface area contributed by atoms with Crippen molar-refractivity contribution in [2.24, 2.45) is 0 Å². The van der Waals surface area contributed by atoms with Crippen LogP contribution in [0.4, 0.5) is 16.2 Å². The van der Waals surface area contributed by atoms with Gasteiger partial charge in [-0.05, 0) is 55.3 Å². The van der Waals surface area contributed by atoms with Gasteiger partial charge in [0, 0.05) is 17.8 Å². The van der Waals surface area contributed by atoms with Crippen LogP contribution in [-0.2, 0) is 16.0 Å². The summed E-state index contributed by atoms with van der Waals surface area (Å²) in [5, 5.41) is 8.47. The number of anilines is 2. The number of nitrogens with one attached hydrogen (secondary N) is 3. The summed E-state index contributed by atoms with van der Waals surface area (Å²) >= 11 is 0. The molecule has 2 unspecified atom stereocenters. The third kappa shape index (κ3) is 5.03. The Morgan fingerprint density at radius 3 is 2.18 bits per heavy atom. The van der Waals surface area contributed by atoms with Crippen LogP contribution < -0.4 is 16.0 Å². The first-order valence-corrected chi connectivity index (χ1v) is 10.7. The highest BCUT2D eigenvalue weighted by Gasteiger charge is 2.42. The summed E-state index contributed by atoms with van der Waals surface area (Å²) in [4.78, 5) is 37.5. The van der Waals surface area contributed by atoms with Gasteiger partial charge in [0.05, 0.1) is 11.6 Å². The maximum absolute atomic E-state index is 13.0. The van der Waals surface area contributed by atoms with Gasteiger partial charge < -0.3 is 20.7 Å². The second-order valence-electron chi connectivity index (χ2n) is 8.22. The SMILES string of the molecule is CC(NC(=O)C1(C)Cc2ccccc2C(=O)O1)c1ccc(NC(=O)Nc2ccccc2)cc1. The molecule has 0 saturated carbocycles. The van der Waals surface area contributed by atoms with E-state index in [1.54, 1.807) is 43.3 Å². The van der Waals surface area contributed by atoms with E-state index in [1.807, 2.05) is 49.4 Å². The molecule has 0 bridgehead atoms. The zero-order valence-corrected chi connectivity index (χ0v) is 18.4. The van der Waals surface area contributed by atoms with Crippen molar-refractivity contribution >= 4 is 29.3 Å². The standard InChI is InChI=1S/C26H25N3O4/c1-17(27-24(31)26(2)16-19-8-6-7-11-22(19)23(30)33-26)18-12-14-21(15-13-18)29-25(32)28-20-9-4-3-5-10-20/h3-15,17H,16H2,1-2H3,(H,27,31)(H2,28,29,32). The van der Waals surface area contributed by atoms with Crippen molar-refractivity contribution < 1.29 is 19.1 Å². The largest absolute Gasteiger partial charge is 0.445 e. The first-order chi connectivity index (χ1) is 15.8. The molecule has 0 radical (unpaired) electrons. The van der Waals surface area contributed by atoms with E-state index in [-0.39, 0.29) is 18.0 Å². The maximum atomic E-state index is 13.0. The van der Waals surface area contributed by atoms with Gasteiger partial charge >= 0.3 is 12.0 Å². The van der Waals surface area contributed by atoms with E-state index in [0.717, 1.165) is 11.1 Å². The van der Waals surface area contributed by atoms with Crippen molar-refractivity contribution in [2.45, 2.75) is 31.9 Å². The first kappa shape index (κ1) is 22.1. The summed E-state index contributed by atoms with van der Waals surface area (Å²) in [6, 6.07) is 22.8. The average molecular weight is 444 g/mol. The number of carbonyl (C=O) groups is 3. The number of rotatable bonds is 5. The highest BCUT2D eigenvalue weighted by atomic mass is 16.6. The van der Waals surface area contributed by atoms with Gasteiger partial charge in [-0.25, -0.2) is 9.59 Å². The molecule has 1 aliphatic heterocycles. The molecule has 0 fully saturated rings. The average Bonchev–Trinajstić information content (AvgIpc) is 2.80. The molecule has 2 atom stereocenters. The molecule has 3 amide bonds. The number of esters is 1. The Morgan fingerprint density at radius 1 is 0.879 bits per heavy atom. The van der Waals surface area contributed by atoms with Gasteiger partial charge in [-0.3, -0.25) is 4.79 Å². The minimum Gasteiger partial charge on any atom is -0.445 e. The number of urea groups is 1. The number of fused-ring (bicyclic) bond motifs is 1. The number of ether oxygens (including phenoxy) is 1. The van der Waals surface area contributed by atoms with Crippen LogP contribution in [0.25, 0.3) is 0 Å². The van der Waals surface area contributed by atoms with E-state index >= 15 is 0 Å². The number of benzene rings is 3. The molecule has 0 aromatic heterocycles. The Labute approximate surface area is 192 Å². The van der Waals surface area contributed by atoms with Crippen LogP contribution in [0.1, 0.15) is 41.4 Å². The molecule has 168 valence electrons. The molecular weight excluding hydrogens is 418 g/mol. The van der Waals surface area contributed by atoms with E-state index in [1.165, 1.54) is 0 Å². The highest BCUT2D eigenvalue weighted by molar-refractivity contribution is 6.00. The van der Waals surface area contributed by atoms with Crippen molar-refractivity contribution in [1.82, 2.24) is 5.32 Å². The van der Waals surface area contributed by atoms with Crippen LogP contribution in [0.3, 0.4) is 0 Å². The number of para-hydroxylation sites is 1. The predicted octanol–water partition coefficient (Wildman–Crippen LogP) is 4.68. The number of amides is 3. The molecule has 0 aliphatic carbocycles. The van der Waals surface area contributed by atoms with Crippen LogP contribution in [0.5, 0.6) is 0 Å². The summed E-state index contributed by atoms with van der Waals surface area (Å²) < 4.78 is 5.51. The van der Waals surface area contributed by atoms with Crippen molar-refractivity contribution in [3.05, 3.63) is 95.6 Å². The van der Waals surface area contributed by atoms with Gasteiger partial charge in [0.2, 0.25) is 0 Å². The van der Waals surface area contributed by atoms with Crippen molar-refractivity contribution in [3.63, 3.8) is 0 Å². The van der Waals surface area contributed by atoms with Gasteiger partial charge in [0.1, 0.15) is 0 Å². The molecule has 3 aromatic rings. The summed E-state index contributed by atoms with van der Waals surface area (Å²) in [6.07, 6.45) is 0.312. The van der Waals surface area contributed by atoms with E-state index in [9.17, 15) is 14.4 Å². The van der Waals surface area contributed by atoms with Crippen LogP contribution in [0.2, 0.25) is 0 Å². The van der Waals surface area contributed by atoms with Gasteiger partial charge in [-0.2, -0.15) is 0 Å². The van der Waals surface area contributed by atoms with E-state index in [0.29, 0.717) is 23.4 Å². The number of cyclic esters (lactones) is 1. The predicted molar refractivity (Wildman–Crippen MR) is 126 cm³/mol. The Balaban J connectivity index is 1.36. The van der Waals surface area contributed by atoms with Crippen LogP contribution >= 0.6 is 0 Å². The van der Waals surface area contributed by atoms with Gasteiger partial charge in [-0.15, -0.1) is 0 Å². The monoisotopic (exact) mass is 443 g/mol. The lowest BCUT2D eigenvalue weighted by molar-refractivity contribution is -0.140. The zero-order valence-electron chi connectivity index (χ0n) is 18.4. The maximum Gasteiger partial charge on any atom is 0.339 e. The van der Waals surface area contributed by atoms with E-state index in [4.69, 9.17) is 4.74 Å². The molecule has 7 heteroatoms. The van der Waals surface area contributed by atoms with Gasteiger partial charge in [0.25, 0.3) is 5.91 Å². The molecular formula is C26H25N3O4. The smallest absolute Gasteiger partial charge is 0.339 e. The summed E-state index contributed by atoms with van der Waals surface area (Å²) in [5.41, 5.74) is 2.18. The second kappa shape index (κ2) is 9.16. The van der Waals surface area contributed by atoms with Crippen LogP contribution in [0, 0.1) is 0 Å². The second-order valence-corrected chi connectivity index (χ2v) is 8.22. The number of hydrogen-bond acceptors (Lipinski definition) is 4. The lowest BCUT2D eigenvalue weighted by Gasteiger charge is -2.34. The fourth-order valence-electron chi connectivity index (χ4n) is 3.76. The molecule has 3 aromatic carbocycles. The molecule has 3 N–H and O–H groups in total. The van der Waals surface area contributed by atoms with Crippen molar-refractivity contribution in [2.75, 3.05) is 10.6 Å². The fraction of sp³-hybridized carbons (Fsp3) is 0.192. The Bertz CT molecular complexity index is 1180. The molecule has 0 spiro atoms. The topological polar surface area (TPSA) is 96.5 Å². The number of hydrogen-bond donors (Lipinski definition) is 3. The Kier molecular flexibility index (Phi) is 6.13. The summed E-state index contributed by atoms with van der Waals surface area (Å²) in [7, 11) is 0. The molecule has 1 aliphatic rings. The van der Waals surface area contributed by atoms with Crippen LogP contribution in [0.15, 0.2) is 78.9 Å².